The van der Waals surface area contributed by atoms with E-state index in [1.807, 2.05) is 13.0 Å². The summed E-state index contributed by atoms with van der Waals surface area (Å²) >= 11 is 0. The molecule has 0 spiro atoms. The number of nitro groups is 2. The number of anilines is 1. The molecule has 1 aliphatic carbocycles. The van der Waals surface area contributed by atoms with Crippen LogP contribution in [0.5, 0.6) is 5.75 Å². The lowest BCUT2D eigenvalue weighted by molar-refractivity contribution is -0.384. The van der Waals surface area contributed by atoms with Crippen molar-refractivity contribution in [3.05, 3.63) is 79.9 Å². The highest BCUT2D eigenvalue weighted by molar-refractivity contribution is 5.73. The third-order valence-electron chi connectivity index (χ3n) is 5.39. The minimum Gasteiger partial charge on any atom is -0.494 e. The number of hydrogen-bond acceptors (Lipinski definition) is 6. The van der Waals surface area contributed by atoms with E-state index in [9.17, 15) is 20.2 Å². The van der Waals surface area contributed by atoms with Gasteiger partial charge in [0.05, 0.1) is 28.6 Å². The lowest BCUT2D eigenvalue weighted by atomic mass is 9.76. The lowest BCUT2D eigenvalue weighted by Crippen LogP contribution is -2.29. The molecule has 0 unspecified atom stereocenters. The van der Waals surface area contributed by atoms with Crippen LogP contribution in [-0.4, -0.2) is 16.5 Å². The topological polar surface area (TPSA) is 108 Å². The average Bonchev–Trinajstić information content (AvgIpc) is 3.17. The molecule has 1 heterocycles. The first-order chi connectivity index (χ1) is 13.5. The second kappa shape index (κ2) is 6.95. The van der Waals surface area contributed by atoms with E-state index in [0.29, 0.717) is 18.0 Å². The molecule has 2 aliphatic rings. The van der Waals surface area contributed by atoms with Gasteiger partial charge in [-0.3, -0.25) is 20.2 Å². The van der Waals surface area contributed by atoms with Gasteiger partial charge in [0.15, 0.2) is 0 Å². The van der Waals surface area contributed by atoms with Gasteiger partial charge in [0.25, 0.3) is 11.4 Å². The van der Waals surface area contributed by atoms with E-state index in [2.05, 4.69) is 17.5 Å². The summed E-state index contributed by atoms with van der Waals surface area (Å²) < 4.78 is 5.54. The molecule has 1 N–H and O–H groups in total. The molecule has 2 aromatic rings. The summed E-state index contributed by atoms with van der Waals surface area (Å²) in [5.74, 6) is 0.684. The number of ether oxygens (including phenoxy) is 1. The summed E-state index contributed by atoms with van der Waals surface area (Å²) in [5.41, 5.74) is 2.22. The van der Waals surface area contributed by atoms with Crippen molar-refractivity contribution in [2.24, 2.45) is 5.92 Å². The van der Waals surface area contributed by atoms with Crippen molar-refractivity contribution in [2.75, 3.05) is 11.9 Å². The average molecular weight is 381 g/mol. The summed E-state index contributed by atoms with van der Waals surface area (Å²) in [7, 11) is 0. The fourth-order valence-electron chi connectivity index (χ4n) is 4.18. The molecule has 0 fully saturated rings. The Hall–Kier alpha value is -3.42. The number of allylic oxidation sites excluding steroid dienone is 2. The monoisotopic (exact) mass is 381 g/mol. The molecule has 3 atom stereocenters. The van der Waals surface area contributed by atoms with Crippen molar-refractivity contribution in [3.63, 3.8) is 0 Å². The zero-order valence-electron chi connectivity index (χ0n) is 15.2. The van der Waals surface area contributed by atoms with Crippen molar-refractivity contribution in [1.82, 2.24) is 0 Å². The Morgan fingerprint density at radius 1 is 1.14 bits per heavy atom. The van der Waals surface area contributed by atoms with Crippen molar-refractivity contribution >= 4 is 17.1 Å². The summed E-state index contributed by atoms with van der Waals surface area (Å²) in [4.78, 5) is 21.8. The molecule has 2 aromatic carbocycles. The van der Waals surface area contributed by atoms with Crippen LogP contribution in [0.15, 0.2) is 48.6 Å². The second-order valence-corrected chi connectivity index (χ2v) is 6.92. The molecule has 0 aromatic heterocycles. The summed E-state index contributed by atoms with van der Waals surface area (Å²) in [6.07, 6.45) is 5.00. The van der Waals surface area contributed by atoms with Crippen molar-refractivity contribution in [3.8, 4) is 5.75 Å². The Morgan fingerprint density at radius 3 is 2.54 bits per heavy atom. The fraction of sp³-hybridized carbons (Fsp3) is 0.300. The second-order valence-electron chi connectivity index (χ2n) is 6.92. The fourth-order valence-corrected chi connectivity index (χ4v) is 4.18. The van der Waals surface area contributed by atoms with E-state index in [4.69, 9.17) is 4.74 Å². The van der Waals surface area contributed by atoms with E-state index >= 15 is 0 Å². The minimum absolute atomic E-state index is 0.0217. The molecule has 0 radical (unpaired) electrons. The molecular formula is C20H19N3O5. The zero-order chi connectivity index (χ0) is 19.8. The summed E-state index contributed by atoms with van der Waals surface area (Å²) in [6.45, 7) is 2.27. The van der Waals surface area contributed by atoms with Crippen LogP contribution < -0.4 is 10.1 Å². The van der Waals surface area contributed by atoms with E-state index in [1.165, 1.54) is 18.2 Å². The van der Waals surface area contributed by atoms with Crippen molar-refractivity contribution < 1.29 is 14.6 Å². The molecule has 0 bridgehead atoms. The maximum absolute atomic E-state index is 11.7. The van der Waals surface area contributed by atoms with Crippen LogP contribution in [-0.2, 0) is 0 Å². The maximum atomic E-state index is 11.7. The SMILES string of the molecule is CCOc1cc2c(c([N+](=O)[O-])c1)N[C@@H](c1ccc([N+](=O)[O-])cc1)[C@@H]1CC=C[C@H]21. The van der Waals surface area contributed by atoms with Gasteiger partial charge in [0, 0.05) is 18.1 Å². The van der Waals surface area contributed by atoms with Gasteiger partial charge in [-0.15, -0.1) is 0 Å². The van der Waals surface area contributed by atoms with Gasteiger partial charge in [0.1, 0.15) is 11.4 Å². The molecular weight excluding hydrogens is 362 g/mol. The van der Waals surface area contributed by atoms with Gasteiger partial charge in [-0.25, -0.2) is 0 Å². The van der Waals surface area contributed by atoms with E-state index in [1.54, 1.807) is 12.1 Å². The highest BCUT2D eigenvalue weighted by Crippen LogP contribution is 2.53. The minimum atomic E-state index is -0.437. The van der Waals surface area contributed by atoms with E-state index in [-0.39, 0.29) is 29.3 Å². The van der Waals surface area contributed by atoms with E-state index in [0.717, 1.165) is 17.5 Å². The predicted octanol–water partition coefficient (Wildman–Crippen LogP) is 4.73. The molecule has 1 aliphatic heterocycles. The van der Waals surface area contributed by atoms with E-state index < -0.39 is 9.85 Å². The number of nitrogens with zero attached hydrogens (tertiary/aromatic N) is 2. The third-order valence-corrected chi connectivity index (χ3v) is 5.39. The van der Waals surface area contributed by atoms with Gasteiger partial charge in [0.2, 0.25) is 0 Å². The first-order valence-electron chi connectivity index (χ1n) is 9.12. The van der Waals surface area contributed by atoms with Crippen LogP contribution >= 0.6 is 0 Å². The molecule has 28 heavy (non-hydrogen) atoms. The Bertz CT molecular complexity index is 971. The largest absolute Gasteiger partial charge is 0.494 e. The Morgan fingerprint density at radius 2 is 1.89 bits per heavy atom. The molecule has 4 rings (SSSR count). The Labute approximate surface area is 161 Å². The number of nitro benzene ring substituents is 2. The number of rotatable bonds is 5. The third kappa shape index (κ3) is 2.96. The number of hydrogen-bond donors (Lipinski definition) is 1. The molecule has 0 saturated carbocycles. The first kappa shape index (κ1) is 18.0. The lowest BCUT2D eigenvalue weighted by Gasteiger charge is -2.37. The Balaban J connectivity index is 1.79. The van der Waals surface area contributed by atoms with Crippen molar-refractivity contribution in [2.45, 2.75) is 25.3 Å². The first-order valence-corrected chi connectivity index (χ1v) is 9.12. The molecule has 0 saturated heterocycles. The zero-order valence-corrected chi connectivity index (χ0v) is 15.2. The van der Waals surface area contributed by atoms with Gasteiger partial charge >= 0.3 is 0 Å². The smallest absolute Gasteiger partial charge is 0.296 e. The van der Waals surface area contributed by atoms with Gasteiger partial charge in [-0.2, -0.15) is 0 Å². The standard InChI is InChI=1S/C20H19N3O5/c1-2-28-14-10-17-15-4-3-5-16(15)19(21-20(17)18(11-14)23(26)27)12-6-8-13(9-7-12)22(24)25/h3-4,6-11,15-16,19,21H,2,5H2,1H3/t15-,16+,19-/m0/s1. The number of benzene rings is 2. The van der Waals surface area contributed by atoms with Gasteiger partial charge < -0.3 is 10.1 Å². The molecule has 8 heteroatoms. The Kier molecular flexibility index (Phi) is 4.46. The van der Waals surface area contributed by atoms with Crippen LogP contribution in [0.25, 0.3) is 0 Å². The highest BCUT2D eigenvalue weighted by Gasteiger charge is 2.41. The maximum Gasteiger partial charge on any atom is 0.296 e. The molecule has 144 valence electrons. The van der Waals surface area contributed by atoms with Gasteiger partial charge in [-0.05, 0) is 36.5 Å². The van der Waals surface area contributed by atoms with Crippen LogP contribution in [0.1, 0.15) is 36.4 Å². The van der Waals surface area contributed by atoms with Crippen LogP contribution in [0.4, 0.5) is 17.1 Å². The summed E-state index contributed by atoms with van der Waals surface area (Å²) in [5, 5.41) is 26.0. The van der Waals surface area contributed by atoms with Crippen LogP contribution in [0, 0.1) is 26.1 Å². The van der Waals surface area contributed by atoms with Gasteiger partial charge in [-0.1, -0.05) is 24.3 Å². The highest BCUT2D eigenvalue weighted by atomic mass is 16.6. The van der Waals surface area contributed by atoms with Crippen LogP contribution in [0.3, 0.4) is 0 Å². The van der Waals surface area contributed by atoms with Crippen LogP contribution in [0.2, 0.25) is 0 Å². The quantitative estimate of drug-likeness (QED) is 0.456. The predicted molar refractivity (Wildman–Crippen MR) is 104 cm³/mol. The normalized spacial score (nSPS) is 22.1. The number of non-ortho nitro benzene ring substituents is 1. The summed E-state index contributed by atoms with van der Waals surface area (Å²) in [6, 6.07) is 9.52. The molecule has 0 amide bonds. The molecule has 8 nitrogen and oxygen atoms in total. The number of fused-ring (bicyclic) bond motifs is 3. The number of nitrogens with one attached hydrogen (secondary N) is 1. The van der Waals surface area contributed by atoms with Crippen molar-refractivity contribution in [1.29, 1.82) is 0 Å².